The Labute approximate surface area is 120 Å². The predicted octanol–water partition coefficient (Wildman–Crippen LogP) is 3.29. The average molecular weight is 284 g/mol. The number of nitrogens with two attached hydrogens (primary N) is 1. The van der Waals surface area contributed by atoms with Gasteiger partial charge < -0.3 is 5.73 Å². The Morgan fingerprint density at radius 3 is 2.63 bits per heavy atom. The summed E-state index contributed by atoms with van der Waals surface area (Å²) in [6, 6.07) is 7.27. The van der Waals surface area contributed by atoms with E-state index < -0.39 is 0 Å². The Bertz CT molecular complexity index is 386. The van der Waals surface area contributed by atoms with Crippen molar-refractivity contribution >= 4 is 11.8 Å². The van der Waals surface area contributed by atoms with Crippen LogP contribution < -0.4 is 5.73 Å². The summed E-state index contributed by atoms with van der Waals surface area (Å²) in [5.41, 5.74) is 7.23. The van der Waals surface area contributed by atoms with Crippen LogP contribution >= 0.6 is 11.8 Å². The van der Waals surface area contributed by atoms with Crippen LogP contribution in [0, 0.1) is 5.82 Å². The molecule has 0 aliphatic heterocycles. The first kappa shape index (κ1) is 16.5. The highest BCUT2D eigenvalue weighted by molar-refractivity contribution is 7.98. The summed E-state index contributed by atoms with van der Waals surface area (Å²) in [5, 5.41) is 0. The van der Waals surface area contributed by atoms with Crippen LogP contribution in [0.5, 0.6) is 0 Å². The Hall–Kier alpha value is -0.580. The van der Waals surface area contributed by atoms with Gasteiger partial charge in [-0.1, -0.05) is 19.1 Å². The van der Waals surface area contributed by atoms with Crippen molar-refractivity contribution in [3.63, 3.8) is 0 Å². The first-order chi connectivity index (χ1) is 9.01. The van der Waals surface area contributed by atoms with Crippen LogP contribution in [0.15, 0.2) is 24.3 Å². The number of likely N-dealkylation sites (N-methyl/N-ethyl adjacent to an activating group) is 1. The van der Waals surface area contributed by atoms with Gasteiger partial charge in [0.2, 0.25) is 0 Å². The van der Waals surface area contributed by atoms with Gasteiger partial charge in [0.25, 0.3) is 0 Å². The van der Waals surface area contributed by atoms with E-state index in [4.69, 9.17) is 5.73 Å². The molecule has 19 heavy (non-hydrogen) atoms. The van der Waals surface area contributed by atoms with Crippen molar-refractivity contribution in [2.75, 3.05) is 19.1 Å². The number of hydrogen-bond donors (Lipinski definition) is 1. The second-order valence-corrected chi connectivity index (χ2v) is 5.95. The number of rotatable bonds is 7. The minimum absolute atomic E-state index is 0.0103. The molecule has 4 heteroatoms. The fourth-order valence-corrected chi connectivity index (χ4v) is 3.05. The molecule has 1 rings (SSSR count). The van der Waals surface area contributed by atoms with Gasteiger partial charge in [-0.25, -0.2) is 4.39 Å². The fourth-order valence-electron chi connectivity index (χ4n) is 2.33. The molecule has 0 aliphatic carbocycles. The third-order valence-corrected chi connectivity index (χ3v) is 4.42. The average Bonchev–Trinajstić information content (AvgIpc) is 2.39. The highest BCUT2D eigenvalue weighted by Crippen LogP contribution is 2.27. The third-order valence-electron chi connectivity index (χ3n) is 3.61. The molecule has 0 saturated heterocycles. The lowest BCUT2D eigenvalue weighted by Gasteiger charge is -2.36. The molecule has 0 bridgehead atoms. The normalized spacial score (nSPS) is 16.4. The Morgan fingerprint density at radius 1 is 1.42 bits per heavy atom. The molecule has 2 N–H and O–H groups in total. The molecule has 0 radical (unpaired) electrons. The van der Waals surface area contributed by atoms with Crippen LogP contribution in [0.25, 0.3) is 0 Å². The molecule has 0 amide bonds. The van der Waals surface area contributed by atoms with E-state index in [0.29, 0.717) is 6.04 Å². The fraction of sp³-hybridized carbons (Fsp3) is 0.600. The lowest BCUT2D eigenvalue weighted by Crippen LogP contribution is -2.43. The van der Waals surface area contributed by atoms with Crippen LogP contribution in [0.1, 0.15) is 31.9 Å². The molecule has 0 heterocycles. The number of hydrogen-bond acceptors (Lipinski definition) is 3. The summed E-state index contributed by atoms with van der Waals surface area (Å²) in [7, 11) is 2.08. The monoisotopic (exact) mass is 284 g/mol. The minimum atomic E-state index is -0.197. The van der Waals surface area contributed by atoms with E-state index in [1.165, 1.54) is 6.07 Å². The van der Waals surface area contributed by atoms with Crippen LogP contribution in [0.3, 0.4) is 0 Å². The van der Waals surface area contributed by atoms with Crippen molar-refractivity contribution in [2.24, 2.45) is 5.73 Å². The maximum absolute atomic E-state index is 13.4. The van der Waals surface area contributed by atoms with Gasteiger partial charge in [0, 0.05) is 23.9 Å². The molecule has 3 atom stereocenters. The van der Waals surface area contributed by atoms with Crippen LogP contribution in [-0.4, -0.2) is 36.0 Å². The topological polar surface area (TPSA) is 29.3 Å². The lowest BCUT2D eigenvalue weighted by atomic mass is 9.95. The van der Waals surface area contributed by atoms with Crippen molar-refractivity contribution < 1.29 is 4.39 Å². The van der Waals surface area contributed by atoms with Crippen molar-refractivity contribution in [2.45, 2.75) is 38.4 Å². The standard InChI is InChI=1S/C15H25FN2S/c1-5-14(17)15(18(3)11(2)10-19-4)12-7-6-8-13(16)9-12/h6-9,11,14-15H,5,10,17H2,1-4H3. The van der Waals surface area contributed by atoms with E-state index in [9.17, 15) is 4.39 Å². The van der Waals surface area contributed by atoms with Crippen LogP contribution in [-0.2, 0) is 0 Å². The van der Waals surface area contributed by atoms with E-state index in [0.717, 1.165) is 17.7 Å². The summed E-state index contributed by atoms with van der Waals surface area (Å²) in [6.45, 7) is 4.26. The highest BCUT2D eigenvalue weighted by atomic mass is 32.2. The van der Waals surface area contributed by atoms with Gasteiger partial charge in [-0.2, -0.15) is 11.8 Å². The molecule has 3 unspecified atom stereocenters. The lowest BCUT2D eigenvalue weighted by molar-refractivity contribution is 0.170. The molecule has 2 nitrogen and oxygen atoms in total. The minimum Gasteiger partial charge on any atom is -0.326 e. The SMILES string of the molecule is CCC(N)C(c1cccc(F)c1)N(C)C(C)CSC. The first-order valence-electron chi connectivity index (χ1n) is 6.73. The van der Waals surface area contributed by atoms with Gasteiger partial charge in [0.15, 0.2) is 0 Å². The van der Waals surface area contributed by atoms with Gasteiger partial charge in [-0.15, -0.1) is 0 Å². The number of thioether (sulfide) groups is 1. The van der Waals surface area contributed by atoms with Gasteiger partial charge in [0.05, 0.1) is 0 Å². The Balaban J connectivity index is 3.01. The Morgan fingerprint density at radius 2 is 2.11 bits per heavy atom. The molecule has 0 spiro atoms. The predicted molar refractivity (Wildman–Crippen MR) is 83.0 cm³/mol. The highest BCUT2D eigenvalue weighted by Gasteiger charge is 2.26. The molecule has 0 fully saturated rings. The van der Waals surface area contributed by atoms with Gasteiger partial charge in [-0.05, 0) is 44.3 Å². The number of benzene rings is 1. The van der Waals surface area contributed by atoms with Gasteiger partial charge >= 0.3 is 0 Å². The van der Waals surface area contributed by atoms with Crippen molar-refractivity contribution in [1.29, 1.82) is 0 Å². The van der Waals surface area contributed by atoms with E-state index >= 15 is 0 Å². The van der Waals surface area contributed by atoms with E-state index in [1.807, 2.05) is 17.8 Å². The zero-order valence-corrected chi connectivity index (χ0v) is 13.1. The zero-order chi connectivity index (χ0) is 14.4. The largest absolute Gasteiger partial charge is 0.326 e. The van der Waals surface area contributed by atoms with Crippen molar-refractivity contribution in [3.05, 3.63) is 35.6 Å². The Kier molecular flexibility index (Phi) is 6.83. The van der Waals surface area contributed by atoms with Gasteiger partial charge in [0.1, 0.15) is 5.82 Å². The van der Waals surface area contributed by atoms with Crippen LogP contribution in [0.2, 0.25) is 0 Å². The van der Waals surface area contributed by atoms with E-state index in [1.54, 1.807) is 12.1 Å². The van der Waals surface area contributed by atoms with Gasteiger partial charge in [-0.3, -0.25) is 4.90 Å². The second-order valence-electron chi connectivity index (χ2n) is 5.04. The van der Waals surface area contributed by atoms with E-state index in [-0.39, 0.29) is 17.9 Å². The third kappa shape index (κ3) is 4.48. The molecule has 0 aliphatic rings. The summed E-state index contributed by atoms with van der Waals surface area (Å²) in [5.74, 6) is 0.843. The quantitative estimate of drug-likeness (QED) is 0.833. The molecule has 0 aromatic heterocycles. The molecule has 1 aromatic carbocycles. The zero-order valence-electron chi connectivity index (χ0n) is 12.3. The number of halogens is 1. The summed E-state index contributed by atoms with van der Waals surface area (Å²) < 4.78 is 13.4. The molecular formula is C15H25FN2S. The molecule has 0 saturated carbocycles. The molecule has 108 valence electrons. The number of nitrogens with zero attached hydrogens (tertiary/aromatic N) is 1. The van der Waals surface area contributed by atoms with Crippen LogP contribution in [0.4, 0.5) is 4.39 Å². The summed E-state index contributed by atoms with van der Waals surface area (Å²) >= 11 is 1.82. The smallest absolute Gasteiger partial charge is 0.123 e. The molecule has 1 aromatic rings. The van der Waals surface area contributed by atoms with Crippen molar-refractivity contribution in [1.82, 2.24) is 4.90 Å². The first-order valence-corrected chi connectivity index (χ1v) is 8.12. The molecular weight excluding hydrogens is 259 g/mol. The van der Waals surface area contributed by atoms with Crippen molar-refractivity contribution in [3.8, 4) is 0 Å². The maximum Gasteiger partial charge on any atom is 0.123 e. The summed E-state index contributed by atoms with van der Waals surface area (Å²) in [4.78, 5) is 2.26. The maximum atomic E-state index is 13.4. The summed E-state index contributed by atoms with van der Waals surface area (Å²) in [6.07, 6.45) is 2.97. The van der Waals surface area contributed by atoms with E-state index in [2.05, 4.69) is 32.1 Å². The second kappa shape index (κ2) is 7.88.